The van der Waals surface area contributed by atoms with Crippen molar-refractivity contribution >= 4 is 0 Å². The fourth-order valence-corrected chi connectivity index (χ4v) is 2.05. The summed E-state index contributed by atoms with van der Waals surface area (Å²) in [7, 11) is 0. The van der Waals surface area contributed by atoms with Crippen LogP contribution >= 0.6 is 0 Å². The first-order valence-electron chi connectivity index (χ1n) is 5.22. The Hall–Kier alpha value is -0.0800. The SMILES string of the molecule is CCCN1CC(CN)CCC1C. The fraction of sp³-hybridized carbons (Fsp3) is 1.00. The van der Waals surface area contributed by atoms with Crippen molar-refractivity contribution in [1.82, 2.24) is 4.90 Å². The second-order valence-corrected chi connectivity index (χ2v) is 4.02. The third-order valence-electron chi connectivity index (χ3n) is 2.95. The van der Waals surface area contributed by atoms with Gasteiger partial charge in [-0.15, -0.1) is 0 Å². The number of likely N-dealkylation sites (tertiary alicyclic amines) is 1. The smallest absolute Gasteiger partial charge is 0.00671 e. The molecule has 0 aromatic heterocycles. The van der Waals surface area contributed by atoms with Crippen molar-refractivity contribution in [2.24, 2.45) is 11.7 Å². The van der Waals surface area contributed by atoms with Crippen LogP contribution in [-0.2, 0) is 0 Å². The fourth-order valence-electron chi connectivity index (χ4n) is 2.05. The van der Waals surface area contributed by atoms with Crippen molar-refractivity contribution < 1.29 is 0 Å². The largest absolute Gasteiger partial charge is 0.330 e. The molecule has 1 aliphatic rings. The molecule has 0 aromatic carbocycles. The Morgan fingerprint density at radius 1 is 1.42 bits per heavy atom. The highest BCUT2D eigenvalue weighted by Gasteiger charge is 2.23. The predicted octanol–water partition coefficient (Wildman–Crippen LogP) is 1.46. The lowest BCUT2D eigenvalue weighted by atomic mass is 9.93. The first-order valence-corrected chi connectivity index (χ1v) is 5.22. The van der Waals surface area contributed by atoms with Crippen molar-refractivity contribution in [3.8, 4) is 0 Å². The van der Waals surface area contributed by atoms with E-state index >= 15 is 0 Å². The maximum atomic E-state index is 5.68. The van der Waals surface area contributed by atoms with Crippen molar-refractivity contribution in [2.45, 2.75) is 39.2 Å². The lowest BCUT2D eigenvalue weighted by Gasteiger charge is -2.37. The van der Waals surface area contributed by atoms with E-state index in [-0.39, 0.29) is 0 Å². The highest BCUT2D eigenvalue weighted by molar-refractivity contribution is 4.78. The summed E-state index contributed by atoms with van der Waals surface area (Å²) in [6.45, 7) is 7.93. The summed E-state index contributed by atoms with van der Waals surface area (Å²) in [6.07, 6.45) is 3.93. The molecule has 0 spiro atoms. The average molecular weight is 170 g/mol. The molecule has 2 nitrogen and oxygen atoms in total. The Balaban J connectivity index is 2.36. The monoisotopic (exact) mass is 170 g/mol. The minimum absolute atomic E-state index is 0.757. The van der Waals surface area contributed by atoms with Gasteiger partial charge in [0.25, 0.3) is 0 Å². The van der Waals surface area contributed by atoms with Gasteiger partial charge in [0.2, 0.25) is 0 Å². The van der Waals surface area contributed by atoms with E-state index in [1.807, 2.05) is 0 Å². The van der Waals surface area contributed by atoms with Crippen LogP contribution in [0.4, 0.5) is 0 Å². The molecule has 2 heteroatoms. The molecule has 0 aromatic rings. The lowest BCUT2D eigenvalue weighted by Crippen LogP contribution is -2.44. The van der Waals surface area contributed by atoms with Crippen molar-refractivity contribution in [3.05, 3.63) is 0 Å². The molecular weight excluding hydrogens is 148 g/mol. The summed E-state index contributed by atoms with van der Waals surface area (Å²) in [6, 6.07) is 0.785. The van der Waals surface area contributed by atoms with Crippen molar-refractivity contribution in [3.63, 3.8) is 0 Å². The van der Waals surface area contributed by atoms with Crippen LogP contribution < -0.4 is 5.73 Å². The minimum atomic E-state index is 0.757. The lowest BCUT2D eigenvalue weighted by molar-refractivity contribution is 0.121. The van der Waals surface area contributed by atoms with E-state index in [2.05, 4.69) is 18.7 Å². The van der Waals surface area contributed by atoms with E-state index in [9.17, 15) is 0 Å². The molecule has 2 N–H and O–H groups in total. The summed E-state index contributed by atoms with van der Waals surface area (Å²) in [4.78, 5) is 2.58. The third-order valence-corrected chi connectivity index (χ3v) is 2.95. The Morgan fingerprint density at radius 2 is 2.17 bits per heavy atom. The van der Waals surface area contributed by atoms with Crippen LogP contribution in [0.1, 0.15) is 33.1 Å². The summed E-state index contributed by atoms with van der Waals surface area (Å²) in [5.41, 5.74) is 5.68. The minimum Gasteiger partial charge on any atom is -0.330 e. The summed E-state index contributed by atoms with van der Waals surface area (Å²) >= 11 is 0. The van der Waals surface area contributed by atoms with Crippen LogP contribution in [0.5, 0.6) is 0 Å². The summed E-state index contributed by atoms with van der Waals surface area (Å²) in [5, 5.41) is 0. The average Bonchev–Trinajstić information content (AvgIpc) is 2.09. The van der Waals surface area contributed by atoms with Gasteiger partial charge in [-0.05, 0) is 45.2 Å². The van der Waals surface area contributed by atoms with Gasteiger partial charge in [-0.2, -0.15) is 0 Å². The summed E-state index contributed by atoms with van der Waals surface area (Å²) < 4.78 is 0. The van der Waals surface area contributed by atoms with Crippen LogP contribution in [0.3, 0.4) is 0 Å². The van der Waals surface area contributed by atoms with Crippen LogP contribution in [0, 0.1) is 5.92 Å². The molecule has 72 valence electrons. The van der Waals surface area contributed by atoms with E-state index < -0.39 is 0 Å². The van der Waals surface area contributed by atoms with E-state index in [1.165, 1.54) is 32.4 Å². The second-order valence-electron chi connectivity index (χ2n) is 4.02. The molecule has 0 bridgehead atoms. The Morgan fingerprint density at radius 3 is 2.75 bits per heavy atom. The van der Waals surface area contributed by atoms with E-state index in [0.29, 0.717) is 0 Å². The number of hydrogen-bond acceptors (Lipinski definition) is 2. The molecule has 1 heterocycles. The zero-order valence-electron chi connectivity index (χ0n) is 8.42. The zero-order chi connectivity index (χ0) is 8.97. The maximum Gasteiger partial charge on any atom is 0.00671 e. The Bertz CT molecular complexity index is 125. The number of rotatable bonds is 3. The van der Waals surface area contributed by atoms with Gasteiger partial charge in [0.05, 0.1) is 0 Å². The normalized spacial score (nSPS) is 32.2. The zero-order valence-corrected chi connectivity index (χ0v) is 8.42. The van der Waals surface area contributed by atoms with Gasteiger partial charge in [0.15, 0.2) is 0 Å². The van der Waals surface area contributed by atoms with Gasteiger partial charge in [-0.3, -0.25) is 0 Å². The van der Waals surface area contributed by atoms with Crippen LogP contribution in [-0.4, -0.2) is 30.6 Å². The van der Waals surface area contributed by atoms with Gasteiger partial charge in [-0.25, -0.2) is 0 Å². The molecule has 0 saturated carbocycles. The van der Waals surface area contributed by atoms with Gasteiger partial charge >= 0.3 is 0 Å². The molecule has 1 aliphatic heterocycles. The summed E-state index contributed by atoms with van der Waals surface area (Å²) in [5.74, 6) is 0.757. The van der Waals surface area contributed by atoms with Crippen LogP contribution in [0.15, 0.2) is 0 Å². The van der Waals surface area contributed by atoms with E-state index in [1.54, 1.807) is 0 Å². The van der Waals surface area contributed by atoms with E-state index in [4.69, 9.17) is 5.73 Å². The molecule has 2 unspecified atom stereocenters. The van der Waals surface area contributed by atoms with E-state index in [0.717, 1.165) is 18.5 Å². The van der Waals surface area contributed by atoms with Gasteiger partial charge in [0, 0.05) is 12.6 Å². The van der Waals surface area contributed by atoms with Crippen molar-refractivity contribution in [1.29, 1.82) is 0 Å². The van der Waals surface area contributed by atoms with Crippen LogP contribution in [0.25, 0.3) is 0 Å². The second kappa shape index (κ2) is 4.83. The van der Waals surface area contributed by atoms with Gasteiger partial charge in [-0.1, -0.05) is 6.92 Å². The molecule has 0 amide bonds. The van der Waals surface area contributed by atoms with Crippen molar-refractivity contribution in [2.75, 3.05) is 19.6 Å². The van der Waals surface area contributed by atoms with Crippen LogP contribution in [0.2, 0.25) is 0 Å². The molecule has 2 atom stereocenters. The standard InChI is InChI=1S/C10H22N2/c1-3-6-12-8-10(7-11)5-4-9(12)2/h9-10H,3-8,11H2,1-2H3. The molecule has 0 aliphatic carbocycles. The first kappa shape index (κ1) is 10.0. The molecule has 1 saturated heterocycles. The topological polar surface area (TPSA) is 29.3 Å². The number of nitrogens with zero attached hydrogens (tertiary/aromatic N) is 1. The first-order chi connectivity index (χ1) is 5.77. The highest BCUT2D eigenvalue weighted by atomic mass is 15.2. The number of hydrogen-bond donors (Lipinski definition) is 1. The predicted molar refractivity (Wildman–Crippen MR) is 53.1 cm³/mol. The number of piperidine rings is 1. The molecular formula is C10H22N2. The third kappa shape index (κ3) is 2.46. The quantitative estimate of drug-likeness (QED) is 0.694. The molecule has 12 heavy (non-hydrogen) atoms. The van der Waals surface area contributed by atoms with Gasteiger partial charge in [0.1, 0.15) is 0 Å². The molecule has 1 rings (SSSR count). The molecule has 0 radical (unpaired) electrons. The Kier molecular flexibility index (Phi) is 4.02. The maximum absolute atomic E-state index is 5.68. The molecule has 1 fully saturated rings. The van der Waals surface area contributed by atoms with Gasteiger partial charge < -0.3 is 10.6 Å². The number of nitrogens with two attached hydrogens (primary N) is 1. The highest BCUT2D eigenvalue weighted by Crippen LogP contribution is 2.20. The Labute approximate surface area is 76.1 Å².